The van der Waals surface area contributed by atoms with Gasteiger partial charge in [0.15, 0.2) is 0 Å². The molecule has 4 aliphatic heterocycles. The topological polar surface area (TPSA) is 115 Å². The Morgan fingerprint density at radius 3 is 2.49 bits per heavy atom. The maximum Gasteiger partial charge on any atom is 0.334 e. The zero-order valence-electron chi connectivity index (χ0n) is 22.5. The quantitative estimate of drug-likeness (QED) is 0.435. The average Bonchev–Trinajstić information content (AvgIpc) is 3.16. The molecule has 3 saturated heterocycles. The van der Waals surface area contributed by atoms with E-state index >= 15 is 0 Å². The van der Waals surface area contributed by atoms with Gasteiger partial charge in [-0.05, 0) is 70.8 Å². The molecule has 37 heavy (non-hydrogen) atoms. The number of ether oxygens (including phenoxy) is 4. The van der Waals surface area contributed by atoms with Gasteiger partial charge < -0.3 is 29.2 Å². The van der Waals surface area contributed by atoms with E-state index in [1.807, 2.05) is 0 Å². The first kappa shape index (κ1) is 24.6. The van der Waals surface area contributed by atoms with E-state index in [4.69, 9.17) is 18.9 Å². The highest BCUT2D eigenvalue weighted by Crippen LogP contribution is 2.76. The van der Waals surface area contributed by atoms with Gasteiger partial charge in [0.2, 0.25) is 0 Å². The second-order valence-electron chi connectivity index (χ2n) is 14.0. The third-order valence-electron chi connectivity index (χ3n) is 12.1. The zero-order valence-corrected chi connectivity index (χ0v) is 22.5. The van der Waals surface area contributed by atoms with E-state index in [0.29, 0.717) is 18.4 Å². The van der Waals surface area contributed by atoms with E-state index in [9.17, 15) is 19.8 Å². The Morgan fingerprint density at radius 1 is 1.05 bits per heavy atom. The van der Waals surface area contributed by atoms with Crippen LogP contribution >= 0.6 is 0 Å². The van der Waals surface area contributed by atoms with Crippen molar-refractivity contribution in [3.8, 4) is 0 Å². The van der Waals surface area contributed by atoms with Gasteiger partial charge in [-0.2, -0.15) is 0 Å². The molecule has 0 bridgehead atoms. The standard InChI is InChI=1S/C29H40O8/c1-14-10-17(34-24(14)32)23(31)15(2)16-11-21-29(36-21)19-7-6-18-25(3,4)35-20-12-22(30)37-28(18,20)13-27(19,33)9-8-26(16,29)5/h10,15-21,23,31,33H,6-9,11-13H2,1-5H3/t15-,16+,17-,18-,19-,20+,21-,23-,26+,27-,28+,29-/m0/s1. The van der Waals surface area contributed by atoms with Crippen molar-refractivity contribution >= 4 is 11.9 Å². The van der Waals surface area contributed by atoms with E-state index in [1.165, 1.54) is 0 Å². The fraction of sp³-hybridized carbons (Fsp3) is 0.862. The number of esters is 2. The molecule has 3 saturated carbocycles. The van der Waals surface area contributed by atoms with Crippen LogP contribution < -0.4 is 0 Å². The molecule has 0 aromatic carbocycles. The minimum absolute atomic E-state index is 0.0240. The normalized spacial score (nSPS) is 54.5. The summed E-state index contributed by atoms with van der Waals surface area (Å²) in [7, 11) is 0. The van der Waals surface area contributed by atoms with Gasteiger partial charge in [0.25, 0.3) is 0 Å². The Hall–Kier alpha value is -1.48. The first-order chi connectivity index (χ1) is 17.3. The van der Waals surface area contributed by atoms with Gasteiger partial charge in [0, 0.05) is 29.2 Å². The summed E-state index contributed by atoms with van der Waals surface area (Å²) in [5.74, 6) is -0.554. The Morgan fingerprint density at radius 2 is 1.78 bits per heavy atom. The van der Waals surface area contributed by atoms with Gasteiger partial charge in [-0.1, -0.05) is 13.8 Å². The SMILES string of the molecule is CC1=C[C@@H]([C@@H](O)[C@@H](C)[C@H]2C[C@@H]3O[C@@]34[C@H]3CC[C@H]5C(C)(C)O[C@@H]6CC(=O)O[C@@]65C[C@@]3(O)CC[C@]24C)OC1=O. The van der Waals surface area contributed by atoms with Crippen molar-refractivity contribution in [1.82, 2.24) is 0 Å². The highest BCUT2D eigenvalue weighted by atomic mass is 16.6. The Bertz CT molecular complexity index is 1100. The fourth-order valence-electron chi connectivity index (χ4n) is 10.4. The van der Waals surface area contributed by atoms with Crippen LogP contribution in [0.25, 0.3) is 0 Å². The van der Waals surface area contributed by atoms with Crippen LogP contribution in [0.2, 0.25) is 0 Å². The predicted molar refractivity (Wildman–Crippen MR) is 130 cm³/mol. The Balaban J connectivity index is 1.20. The maximum absolute atomic E-state index is 12.5. The summed E-state index contributed by atoms with van der Waals surface area (Å²) < 4.78 is 24.5. The van der Waals surface area contributed by atoms with Crippen molar-refractivity contribution in [1.29, 1.82) is 0 Å². The Labute approximate surface area is 218 Å². The van der Waals surface area contributed by atoms with E-state index in [-0.39, 0.29) is 59.7 Å². The predicted octanol–water partition coefficient (Wildman–Crippen LogP) is 2.82. The number of aliphatic hydroxyl groups excluding tert-OH is 1. The molecule has 0 unspecified atom stereocenters. The van der Waals surface area contributed by atoms with Crippen molar-refractivity contribution in [2.45, 2.75) is 126 Å². The van der Waals surface area contributed by atoms with Crippen LogP contribution in [0.4, 0.5) is 0 Å². The summed E-state index contributed by atoms with van der Waals surface area (Å²) in [6, 6.07) is 0. The first-order valence-electron chi connectivity index (χ1n) is 14.1. The molecular weight excluding hydrogens is 476 g/mol. The fourth-order valence-corrected chi connectivity index (χ4v) is 10.4. The second-order valence-corrected chi connectivity index (χ2v) is 14.0. The lowest BCUT2D eigenvalue weighted by molar-refractivity contribution is -0.185. The van der Waals surface area contributed by atoms with E-state index in [0.717, 1.165) is 25.7 Å². The second kappa shape index (κ2) is 7.18. The largest absolute Gasteiger partial charge is 0.456 e. The van der Waals surface area contributed by atoms with Gasteiger partial charge in [0.05, 0.1) is 29.8 Å². The van der Waals surface area contributed by atoms with Crippen LogP contribution in [-0.4, -0.2) is 69.0 Å². The summed E-state index contributed by atoms with van der Waals surface area (Å²) in [4.78, 5) is 24.4. The third-order valence-corrected chi connectivity index (χ3v) is 12.1. The number of cyclic esters (lactones) is 1. The molecule has 0 amide bonds. The van der Waals surface area contributed by atoms with Crippen LogP contribution in [0.5, 0.6) is 0 Å². The van der Waals surface area contributed by atoms with Crippen LogP contribution in [-0.2, 0) is 28.5 Å². The molecule has 4 heterocycles. The van der Waals surface area contributed by atoms with E-state index in [1.54, 1.807) is 13.0 Å². The molecule has 2 N–H and O–H groups in total. The summed E-state index contributed by atoms with van der Waals surface area (Å²) in [6.07, 6.45) is 4.49. The lowest BCUT2D eigenvalue weighted by Crippen LogP contribution is -2.61. The molecular formula is C29H40O8. The van der Waals surface area contributed by atoms with E-state index < -0.39 is 34.6 Å². The molecule has 3 aliphatic carbocycles. The number of carbonyl (C=O) groups excluding carboxylic acids is 2. The molecule has 204 valence electrons. The summed E-state index contributed by atoms with van der Waals surface area (Å²) in [5.41, 5.74) is -2.34. The van der Waals surface area contributed by atoms with Gasteiger partial charge >= 0.3 is 11.9 Å². The molecule has 2 spiro atoms. The highest BCUT2D eigenvalue weighted by molar-refractivity contribution is 5.90. The van der Waals surface area contributed by atoms with Gasteiger partial charge in [-0.15, -0.1) is 0 Å². The maximum atomic E-state index is 12.5. The van der Waals surface area contributed by atoms with Crippen molar-refractivity contribution in [2.24, 2.45) is 29.1 Å². The molecule has 7 rings (SSSR count). The number of epoxide rings is 1. The van der Waals surface area contributed by atoms with Crippen LogP contribution in [0.1, 0.15) is 79.6 Å². The van der Waals surface area contributed by atoms with Crippen LogP contribution in [0.15, 0.2) is 11.6 Å². The number of fused-ring (bicyclic) bond motifs is 1. The lowest BCUT2D eigenvalue weighted by Gasteiger charge is -2.55. The monoisotopic (exact) mass is 516 g/mol. The molecule has 7 aliphatic rings. The minimum atomic E-state index is -1.01. The van der Waals surface area contributed by atoms with Gasteiger partial charge in [-0.3, -0.25) is 4.79 Å². The number of rotatable bonds is 3. The van der Waals surface area contributed by atoms with Gasteiger partial charge in [-0.25, -0.2) is 4.79 Å². The summed E-state index contributed by atoms with van der Waals surface area (Å²) in [5, 5.41) is 23.7. The van der Waals surface area contributed by atoms with Crippen LogP contribution in [0, 0.1) is 29.1 Å². The summed E-state index contributed by atoms with van der Waals surface area (Å²) in [6.45, 7) is 10.2. The van der Waals surface area contributed by atoms with Crippen molar-refractivity contribution in [3.63, 3.8) is 0 Å². The third kappa shape index (κ3) is 2.88. The number of hydrogen-bond acceptors (Lipinski definition) is 8. The minimum Gasteiger partial charge on any atom is -0.456 e. The van der Waals surface area contributed by atoms with Crippen LogP contribution in [0.3, 0.4) is 0 Å². The average molecular weight is 517 g/mol. The smallest absolute Gasteiger partial charge is 0.334 e. The molecule has 0 aromatic rings. The van der Waals surface area contributed by atoms with Gasteiger partial charge in [0.1, 0.15) is 23.4 Å². The summed E-state index contributed by atoms with van der Waals surface area (Å²) >= 11 is 0. The molecule has 12 atom stereocenters. The molecule has 6 fully saturated rings. The highest BCUT2D eigenvalue weighted by Gasteiger charge is 2.83. The first-order valence-corrected chi connectivity index (χ1v) is 14.1. The van der Waals surface area contributed by atoms with E-state index in [2.05, 4.69) is 27.7 Å². The van der Waals surface area contributed by atoms with Crippen molar-refractivity contribution in [3.05, 3.63) is 11.6 Å². The number of aliphatic hydroxyl groups is 2. The van der Waals surface area contributed by atoms with Crippen molar-refractivity contribution < 1.29 is 38.7 Å². The molecule has 0 radical (unpaired) electrons. The molecule has 8 heteroatoms. The lowest BCUT2D eigenvalue weighted by atomic mass is 9.52. The molecule has 8 nitrogen and oxygen atoms in total. The zero-order chi connectivity index (χ0) is 26.3. The number of carbonyl (C=O) groups is 2. The number of hydrogen-bond donors (Lipinski definition) is 2. The van der Waals surface area contributed by atoms with Crippen molar-refractivity contribution in [2.75, 3.05) is 0 Å². The molecule has 0 aromatic heterocycles. The Kier molecular flexibility index (Phi) is 4.76.